The van der Waals surface area contributed by atoms with Crippen LogP contribution in [0.1, 0.15) is 58.8 Å². The molecule has 0 radical (unpaired) electrons. The largest absolute Gasteiger partial charge is 0.396 e. The van der Waals surface area contributed by atoms with Crippen LogP contribution in [0.25, 0.3) is 0 Å². The number of piperidine rings is 1. The molecular formula is C17H26N2O3. The van der Waals surface area contributed by atoms with E-state index in [1.165, 1.54) is 6.92 Å². The number of Topliss-reactive ketones (excluding diaryl/α,β-unsaturated/α-hetero) is 2. The highest BCUT2D eigenvalue weighted by Gasteiger charge is 2.29. The Labute approximate surface area is 131 Å². The van der Waals surface area contributed by atoms with Crippen LogP contribution in [0.3, 0.4) is 0 Å². The minimum absolute atomic E-state index is 0.0123. The third-order valence-electron chi connectivity index (χ3n) is 4.87. The number of hydrogen-bond donors (Lipinski definition) is 2. The number of aliphatic hydroxyl groups is 1. The number of nitrogens with one attached hydrogen (secondary N) is 1. The number of aromatic nitrogens is 1. The maximum atomic E-state index is 12.8. The lowest BCUT2D eigenvalue weighted by molar-refractivity contribution is 0.0716. The van der Waals surface area contributed by atoms with E-state index in [0.717, 1.165) is 37.2 Å². The summed E-state index contributed by atoms with van der Waals surface area (Å²) >= 11 is 0. The molecule has 122 valence electrons. The third kappa shape index (κ3) is 3.15. The molecule has 0 bridgehead atoms. The highest BCUT2D eigenvalue weighted by Crippen LogP contribution is 2.23. The molecule has 1 unspecified atom stereocenters. The second kappa shape index (κ2) is 6.75. The quantitative estimate of drug-likeness (QED) is 0.817. The van der Waals surface area contributed by atoms with E-state index in [1.54, 1.807) is 0 Å². The molecule has 0 saturated carbocycles. The fourth-order valence-corrected chi connectivity index (χ4v) is 3.42. The molecule has 2 rings (SSSR count). The van der Waals surface area contributed by atoms with Crippen LogP contribution in [-0.4, -0.2) is 52.3 Å². The lowest BCUT2D eigenvalue weighted by Crippen LogP contribution is -2.44. The molecule has 5 nitrogen and oxygen atoms in total. The zero-order chi connectivity index (χ0) is 16.4. The summed E-state index contributed by atoms with van der Waals surface area (Å²) in [4.78, 5) is 29.7. The van der Waals surface area contributed by atoms with Gasteiger partial charge in [-0.3, -0.25) is 14.5 Å². The Bertz CT molecular complexity index is 569. The number of carbonyl (C=O) groups is 2. The average molecular weight is 306 g/mol. The van der Waals surface area contributed by atoms with E-state index < -0.39 is 0 Å². The van der Waals surface area contributed by atoms with E-state index in [2.05, 4.69) is 9.88 Å². The number of aryl methyl sites for hydroxylation is 1. The molecule has 1 saturated heterocycles. The summed E-state index contributed by atoms with van der Waals surface area (Å²) < 4.78 is 0. The topological polar surface area (TPSA) is 73.4 Å². The molecule has 1 aromatic rings. The summed E-state index contributed by atoms with van der Waals surface area (Å²) in [5, 5.41) is 9.20. The van der Waals surface area contributed by atoms with Crippen LogP contribution in [0, 0.1) is 19.8 Å². The lowest BCUT2D eigenvalue weighted by atomic mass is 9.95. The number of hydrogen-bond acceptors (Lipinski definition) is 4. The van der Waals surface area contributed by atoms with Gasteiger partial charge in [-0.15, -0.1) is 0 Å². The van der Waals surface area contributed by atoms with Crippen LogP contribution >= 0.6 is 0 Å². The molecule has 0 spiro atoms. The number of nitrogens with zero attached hydrogens (tertiary/aromatic N) is 1. The van der Waals surface area contributed by atoms with Crippen molar-refractivity contribution in [3.63, 3.8) is 0 Å². The second-order valence-electron chi connectivity index (χ2n) is 6.38. The Hall–Kier alpha value is -1.46. The first-order valence-electron chi connectivity index (χ1n) is 7.96. The van der Waals surface area contributed by atoms with Gasteiger partial charge in [-0.25, -0.2) is 0 Å². The van der Waals surface area contributed by atoms with Gasteiger partial charge in [-0.2, -0.15) is 0 Å². The Balaban J connectivity index is 2.15. The lowest BCUT2D eigenvalue weighted by Gasteiger charge is -2.34. The molecule has 5 heteroatoms. The van der Waals surface area contributed by atoms with Gasteiger partial charge in [0.05, 0.1) is 11.7 Å². The van der Waals surface area contributed by atoms with Crippen LogP contribution in [0.15, 0.2) is 0 Å². The van der Waals surface area contributed by atoms with E-state index in [1.807, 2.05) is 20.8 Å². The van der Waals surface area contributed by atoms with E-state index in [0.29, 0.717) is 17.2 Å². The molecule has 0 aliphatic carbocycles. The highest BCUT2D eigenvalue weighted by molar-refractivity contribution is 6.05. The van der Waals surface area contributed by atoms with Gasteiger partial charge in [-0.1, -0.05) is 0 Å². The van der Waals surface area contributed by atoms with Crippen molar-refractivity contribution >= 4 is 11.6 Å². The molecule has 1 atom stereocenters. The first-order chi connectivity index (χ1) is 10.4. The van der Waals surface area contributed by atoms with E-state index in [9.17, 15) is 14.7 Å². The number of likely N-dealkylation sites (tertiary alicyclic amines) is 1. The summed E-state index contributed by atoms with van der Waals surface area (Å²) in [6.45, 7) is 9.00. The molecular weight excluding hydrogens is 280 g/mol. The van der Waals surface area contributed by atoms with Crippen LogP contribution in [-0.2, 0) is 0 Å². The monoisotopic (exact) mass is 306 g/mol. The minimum atomic E-state index is -0.212. The van der Waals surface area contributed by atoms with E-state index in [4.69, 9.17) is 0 Å². The smallest absolute Gasteiger partial charge is 0.196 e. The molecule has 0 aromatic carbocycles. The van der Waals surface area contributed by atoms with Gasteiger partial charge in [0.1, 0.15) is 0 Å². The fourth-order valence-electron chi connectivity index (χ4n) is 3.42. The summed E-state index contributed by atoms with van der Waals surface area (Å²) in [5.74, 6) is 0.384. The first-order valence-corrected chi connectivity index (χ1v) is 7.96. The van der Waals surface area contributed by atoms with Gasteiger partial charge in [0, 0.05) is 17.9 Å². The number of carbonyl (C=O) groups excluding carboxylic acids is 2. The second-order valence-corrected chi connectivity index (χ2v) is 6.38. The fraction of sp³-hybridized carbons (Fsp3) is 0.647. The number of ketones is 2. The molecule has 1 fully saturated rings. The van der Waals surface area contributed by atoms with Gasteiger partial charge in [0.25, 0.3) is 0 Å². The van der Waals surface area contributed by atoms with Gasteiger partial charge in [0.2, 0.25) is 0 Å². The van der Waals surface area contributed by atoms with Crippen LogP contribution in [0.4, 0.5) is 0 Å². The molecule has 1 aliphatic heterocycles. The Kier molecular flexibility index (Phi) is 5.19. The Morgan fingerprint density at radius 2 is 1.91 bits per heavy atom. The predicted octanol–water partition coefficient (Wildman–Crippen LogP) is 2.11. The molecule has 22 heavy (non-hydrogen) atoms. The van der Waals surface area contributed by atoms with Crippen LogP contribution in [0.5, 0.6) is 0 Å². The minimum Gasteiger partial charge on any atom is -0.396 e. The summed E-state index contributed by atoms with van der Waals surface area (Å²) in [5.41, 5.74) is 2.71. The first kappa shape index (κ1) is 16.9. The zero-order valence-electron chi connectivity index (χ0n) is 13.9. The van der Waals surface area contributed by atoms with Gasteiger partial charge >= 0.3 is 0 Å². The summed E-state index contributed by atoms with van der Waals surface area (Å²) in [6.07, 6.45) is 1.85. The maximum Gasteiger partial charge on any atom is 0.196 e. The van der Waals surface area contributed by atoms with Crippen molar-refractivity contribution < 1.29 is 14.7 Å². The van der Waals surface area contributed by atoms with E-state index in [-0.39, 0.29) is 24.2 Å². The molecule has 1 aliphatic rings. The van der Waals surface area contributed by atoms with Crippen LogP contribution < -0.4 is 0 Å². The normalized spacial score (nSPS) is 18.4. The van der Waals surface area contributed by atoms with Gasteiger partial charge in [0.15, 0.2) is 11.6 Å². The van der Waals surface area contributed by atoms with Crippen molar-refractivity contribution in [2.75, 3.05) is 19.7 Å². The average Bonchev–Trinajstić information content (AvgIpc) is 2.80. The zero-order valence-corrected chi connectivity index (χ0v) is 13.9. The molecule has 0 amide bonds. The standard InChI is InChI=1S/C17H26N2O3/c1-10-15(13(4)21)11(2)18-16(10)17(22)12(3)19-7-5-14(9-20)6-8-19/h12,14,18,20H,5-9H2,1-4H3. The van der Waals surface area contributed by atoms with Crippen molar-refractivity contribution in [3.8, 4) is 0 Å². The predicted molar refractivity (Wildman–Crippen MR) is 85.4 cm³/mol. The number of rotatable bonds is 5. The van der Waals surface area contributed by atoms with Gasteiger partial charge < -0.3 is 10.1 Å². The van der Waals surface area contributed by atoms with Crippen LogP contribution in [0.2, 0.25) is 0 Å². The summed E-state index contributed by atoms with van der Waals surface area (Å²) in [6, 6.07) is -0.212. The molecule has 2 heterocycles. The molecule has 1 aromatic heterocycles. The Morgan fingerprint density at radius 3 is 2.36 bits per heavy atom. The van der Waals surface area contributed by atoms with Crippen molar-refractivity contribution in [2.45, 2.75) is 46.6 Å². The van der Waals surface area contributed by atoms with Crippen molar-refractivity contribution in [1.29, 1.82) is 0 Å². The van der Waals surface area contributed by atoms with E-state index >= 15 is 0 Å². The van der Waals surface area contributed by atoms with Crippen molar-refractivity contribution in [3.05, 3.63) is 22.5 Å². The third-order valence-corrected chi connectivity index (χ3v) is 4.87. The Morgan fingerprint density at radius 1 is 1.32 bits per heavy atom. The van der Waals surface area contributed by atoms with Crippen molar-refractivity contribution in [1.82, 2.24) is 9.88 Å². The SMILES string of the molecule is CC(=O)c1c(C)[nH]c(C(=O)C(C)N2CCC(CO)CC2)c1C. The maximum absolute atomic E-state index is 12.8. The number of aromatic amines is 1. The molecule has 2 N–H and O–H groups in total. The number of aliphatic hydroxyl groups excluding tert-OH is 1. The highest BCUT2D eigenvalue weighted by atomic mass is 16.3. The van der Waals surface area contributed by atoms with Gasteiger partial charge in [-0.05, 0) is 65.1 Å². The summed E-state index contributed by atoms with van der Waals surface area (Å²) in [7, 11) is 0. The van der Waals surface area contributed by atoms with Crippen molar-refractivity contribution in [2.24, 2.45) is 5.92 Å². The number of H-pyrrole nitrogens is 1.